The van der Waals surface area contributed by atoms with Crippen molar-refractivity contribution < 1.29 is 4.79 Å². The number of benzene rings is 1. The molecule has 0 aliphatic rings. The van der Waals surface area contributed by atoms with E-state index in [0.717, 1.165) is 41.0 Å². The number of aromatic nitrogens is 2. The van der Waals surface area contributed by atoms with Crippen LogP contribution in [0, 0.1) is 0 Å². The van der Waals surface area contributed by atoms with E-state index in [-0.39, 0.29) is 0 Å². The summed E-state index contributed by atoms with van der Waals surface area (Å²) in [5.74, 6) is 0. The number of unbranched alkanes of at least 4 members (excludes halogenated alkanes) is 3. The zero-order valence-electron chi connectivity index (χ0n) is 12.5. The lowest BCUT2D eigenvalue weighted by Crippen LogP contribution is -1.85. The number of rotatable bonds is 7. The molecule has 1 aromatic carbocycles. The van der Waals surface area contributed by atoms with Gasteiger partial charge in [0.05, 0.1) is 11.7 Å². The molecule has 0 atom stereocenters. The summed E-state index contributed by atoms with van der Waals surface area (Å²) in [6, 6.07) is 8.20. The molecule has 22 heavy (non-hydrogen) atoms. The number of hydrogen-bond donors (Lipinski definition) is 0. The van der Waals surface area contributed by atoms with Crippen LogP contribution in [-0.4, -0.2) is 15.0 Å². The Morgan fingerprint density at radius 1 is 1.05 bits per heavy atom. The standard InChI is InChI=1S/C17H18N2OS2/c1-2-3-4-5-6-13-8-10-15(21-13)14-9-7-12(11-20)16-17(14)19-22-18-16/h7-11H,2-6H2,1H3. The maximum Gasteiger partial charge on any atom is 0.152 e. The van der Waals surface area contributed by atoms with Crippen LogP contribution in [0.4, 0.5) is 0 Å². The van der Waals surface area contributed by atoms with Crippen molar-refractivity contribution in [1.29, 1.82) is 0 Å². The van der Waals surface area contributed by atoms with Crippen LogP contribution in [0.5, 0.6) is 0 Å². The highest BCUT2D eigenvalue weighted by molar-refractivity contribution is 7.15. The first-order valence-corrected chi connectivity index (χ1v) is 9.17. The number of carbonyl (C=O) groups is 1. The zero-order valence-corrected chi connectivity index (χ0v) is 14.2. The lowest BCUT2D eigenvalue weighted by atomic mass is 10.1. The summed E-state index contributed by atoms with van der Waals surface area (Å²) in [6.07, 6.45) is 7.14. The zero-order chi connectivity index (χ0) is 15.4. The molecule has 0 N–H and O–H groups in total. The molecular weight excluding hydrogens is 312 g/mol. The van der Waals surface area contributed by atoms with E-state index in [9.17, 15) is 4.79 Å². The first-order chi connectivity index (χ1) is 10.8. The maximum atomic E-state index is 11.1. The second-order valence-corrected chi connectivity index (χ2v) is 7.06. The Hall–Kier alpha value is -1.59. The van der Waals surface area contributed by atoms with Gasteiger partial charge < -0.3 is 0 Å². The molecule has 0 unspecified atom stereocenters. The minimum absolute atomic E-state index is 0.615. The molecular formula is C17H18N2OS2. The SMILES string of the molecule is CCCCCCc1ccc(-c2ccc(C=O)c3nsnc23)s1. The van der Waals surface area contributed by atoms with Gasteiger partial charge in [0.15, 0.2) is 6.29 Å². The van der Waals surface area contributed by atoms with Crippen LogP contribution in [0.25, 0.3) is 21.5 Å². The Bertz CT molecular complexity index is 776. The fourth-order valence-electron chi connectivity index (χ4n) is 2.56. The second-order valence-electron chi connectivity index (χ2n) is 5.36. The average Bonchev–Trinajstić information content (AvgIpc) is 3.20. The van der Waals surface area contributed by atoms with E-state index < -0.39 is 0 Å². The number of thiophene rings is 1. The molecule has 5 heteroatoms. The summed E-state index contributed by atoms with van der Waals surface area (Å²) in [7, 11) is 0. The van der Waals surface area contributed by atoms with Crippen LogP contribution in [0.15, 0.2) is 24.3 Å². The van der Waals surface area contributed by atoms with Crippen molar-refractivity contribution in [3.05, 3.63) is 34.7 Å². The van der Waals surface area contributed by atoms with E-state index >= 15 is 0 Å². The van der Waals surface area contributed by atoms with Crippen molar-refractivity contribution in [1.82, 2.24) is 8.75 Å². The van der Waals surface area contributed by atoms with Gasteiger partial charge in [0.25, 0.3) is 0 Å². The highest BCUT2D eigenvalue weighted by Crippen LogP contribution is 2.34. The van der Waals surface area contributed by atoms with Crippen LogP contribution in [0.1, 0.15) is 47.8 Å². The van der Waals surface area contributed by atoms with Crippen LogP contribution in [0.3, 0.4) is 0 Å². The molecule has 2 aromatic heterocycles. The molecule has 3 nitrogen and oxygen atoms in total. The first kappa shape index (κ1) is 15.3. The van der Waals surface area contributed by atoms with Gasteiger partial charge in [-0.15, -0.1) is 11.3 Å². The Kier molecular flexibility index (Phi) is 4.95. The van der Waals surface area contributed by atoms with Crippen molar-refractivity contribution >= 4 is 40.4 Å². The van der Waals surface area contributed by atoms with Crippen molar-refractivity contribution in [2.24, 2.45) is 0 Å². The number of aldehydes is 1. The summed E-state index contributed by atoms with van der Waals surface area (Å²) in [6.45, 7) is 2.24. The number of fused-ring (bicyclic) bond motifs is 1. The van der Waals surface area contributed by atoms with Gasteiger partial charge in [-0.25, -0.2) is 0 Å². The number of aryl methyl sites for hydroxylation is 1. The fourth-order valence-corrected chi connectivity index (χ4v) is 4.22. The third kappa shape index (κ3) is 3.10. The quantitative estimate of drug-likeness (QED) is 0.433. The molecule has 0 amide bonds. The molecule has 2 heterocycles. The van der Waals surface area contributed by atoms with Crippen molar-refractivity contribution in [2.45, 2.75) is 39.0 Å². The third-order valence-electron chi connectivity index (χ3n) is 3.78. The highest BCUT2D eigenvalue weighted by atomic mass is 32.1. The normalized spacial score (nSPS) is 11.1. The molecule has 0 spiro atoms. The van der Waals surface area contributed by atoms with Crippen molar-refractivity contribution in [3.63, 3.8) is 0 Å². The predicted molar refractivity (Wildman–Crippen MR) is 94.0 cm³/mol. The molecule has 0 bridgehead atoms. The van der Waals surface area contributed by atoms with Gasteiger partial charge in [0, 0.05) is 20.9 Å². The second kappa shape index (κ2) is 7.11. The molecule has 0 fully saturated rings. The van der Waals surface area contributed by atoms with E-state index in [1.807, 2.05) is 23.5 Å². The number of hydrogen-bond acceptors (Lipinski definition) is 5. The van der Waals surface area contributed by atoms with E-state index in [0.29, 0.717) is 5.56 Å². The van der Waals surface area contributed by atoms with E-state index in [2.05, 4.69) is 27.8 Å². The Balaban J connectivity index is 1.84. The summed E-state index contributed by atoms with van der Waals surface area (Å²) in [5, 5.41) is 0. The smallest absolute Gasteiger partial charge is 0.152 e. The van der Waals surface area contributed by atoms with Gasteiger partial charge >= 0.3 is 0 Å². The van der Waals surface area contributed by atoms with Gasteiger partial charge in [0.1, 0.15) is 11.0 Å². The van der Waals surface area contributed by atoms with Gasteiger partial charge in [-0.1, -0.05) is 32.3 Å². The lowest BCUT2D eigenvalue weighted by Gasteiger charge is -2.00. The molecule has 3 aromatic rings. The topological polar surface area (TPSA) is 42.9 Å². The summed E-state index contributed by atoms with van der Waals surface area (Å²) >= 11 is 2.99. The van der Waals surface area contributed by atoms with Gasteiger partial charge in [0.2, 0.25) is 0 Å². The monoisotopic (exact) mass is 330 g/mol. The summed E-state index contributed by atoms with van der Waals surface area (Å²) in [4.78, 5) is 13.7. The minimum Gasteiger partial charge on any atom is -0.298 e. The van der Waals surface area contributed by atoms with Crippen molar-refractivity contribution in [3.8, 4) is 10.4 Å². The fraction of sp³-hybridized carbons (Fsp3) is 0.353. The van der Waals surface area contributed by atoms with Crippen LogP contribution >= 0.6 is 23.1 Å². The highest BCUT2D eigenvalue weighted by Gasteiger charge is 2.13. The lowest BCUT2D eigenvalue weighted by molar-refractivity contribution is 0.112. The Morgan fingerprint density at radius 2 is 1.91 bits per heavy atom. The predicted octanol–water partition coefficient (Wildman–Crippen LogP) is 5.36. The molecule has 0 saturated carbocycles. The van der Waals surface area contributed by atoms with Gasteiger partial charge in [-0.05, 0) is 31.0 Å². The van der Waals surface area contributed by atoms with E-state index in [1.54, 1.807) is 0 Å². The molecule has 0 saturated heterocycles. The minimum atomic E-state index is 0.615. The summed E-state index contributed by atoms with van der Waals surface area (Å²) < 4.78 is 8.63. The average molecular weight is 330 g/mol. The van der Waals surface area contributed by atoms with Crippen LogP contribution in [0.2, 0.25) is 0 Å². The largest absolute Gasteiger partial charge is 0.298 e. The Labute approximate surface area is 138 Å². The van der Waals surface area contributed by atoms with Gasteiger partial charge in [-0.2, -0.15) is 8.75 Å². The van der Waals surface area contributed by atoms with E-state index in [4.69, 9.17) is 0 Å². The summed E-state index contributed by atoms with van der Waals surface area (Å²) in [5.41, 5.74) is 3.26. The van der Waals surface area contributed by atoms with Crippen molar-refractivity contribution in [2.75, 3.05) is 0 Å². The Morgan fingerprint density at radius 3 is 2.73 bits per heavy atom. The molecule has 0 radical (unpaired) electrons. The molecule has 114 valence electrons. The van der Waals surface area contributed by atoms with Crippen LogP contribution < -0.4 is 0 Å². The number of carbonyl (C=O) groups excluding carboxylic acids is 1. The molecule has 3 rings (SSSR count). The first-order valence-electron chi connectivity index (χ1n) is 7.63. The van der Waals surface area contributed by atoms with Crippen LogP contribution in [-0.2, 0) is 6.42 Å². The molecule has 0 aliphatic heterocycles. The number of nitrogens with zero attached hydrogens (tertiary/aromatic N) is 2. The third-order valence-corrected chi connectivity index (χ3v) is 5.48. The maximum absolute atomic E-state index is 11.1. The molecule has 0 aliphatic carbocycles. The van der Waals surface area contributed by atoms with Gasteiger partial charge in [-0.3, -0.25) is 4.79 Å². The van der Waals surface area contributed by atoms with E-state index in [1.165, 1.54) is 35.4 Å².